The molecule has 0 aliphatic heterocycles. The van der Waals surface area contributed by atoms with E-state index in [1.807, 2.05) is 30.3 Å². The Kier molecular flexibility index (Phi) is 5.50. The van der Waals surface area contributed by atoms with E-state index in [1.165, 1.54) is 30.3 Å². The highest BCUT2D eigenvalue weighted by Gasteiger charge is 2.25. The van der Waals surface area contributed by atoms with Gasteiger partial charge in [0.15, 0.2) is 5.76 Å². The van der Waals surface area contributed by atoms with E-state index in [0.29, 0.717) is 21.2 Å². The molecule has 0 saturated carbocycles. The highest BCUT2D eigenvalue weighted by atomic mass is 32.1. The number of rotatable bonds is 5. The first-order valence-corrected chi connectivity index (χ1v) is 11.8. The monoisotopic (exact) mass is 528 g/mol. The zero-order chi connectivity index (χ0) is 26.4. The predicted molar refractivity (Wildman–Crippen MR) is 139 cm³/mol. The van der Waals surface area contributed by atoms with E-state index in [4.69, 9.17) is 8.83 Å². The highest BCUT2D eigenvalue weighted by Crippen LogP contribution is 2.31. The fourth-order valence-corrected chi connectivity index (χ4v) is 4.87. The summed E-state index contributed by atoms with van der Waals surface area (Å²) in [5.41, 5.74) is -0.496. The number of hydrazone groups is 1. The Balaban J connectivity index is 1.49. The van der Waals surface area contributed by atoms with Gasteiger partial charge in [0.05, 0.1) is 22.5 Å². The van der Waals surface area contributed by atoms with E-state index < -0.39 is 28.2 Å². The summed E-state index contributed by atoms with van der Waals surface area (Å²) in [6.45, 7) is 0. The van der Waals surface area contributed by atoms with Crippen molar-refractivity contribution in [3.05, 3.63) is 110 Å². The molecule has 0 aliphatic rings. The van der Waals surface area contributed by atoms with Crippen molar-refractivity contribution in [3.63, 3.8) is 0 Å². The largest absolute Gasteiger partial charge is 0.433 e. The number of nitrogens with zero attached hydrogens (tertiary/aromatic N) is 4. The molecule has 0 spiro atoms. The average molecular weight is 528 g/mol. The molecule has 186 valence electrons. The zero-order valence-electron chi connectivity index (χ0n) is 19.0. The van der Waals surface area contributed by atoms with Crippen LogP contribution in [-0.2, 0) is 0 Å². The zero-order valence-corrected chi connectivity index (χ0v) is 19.8. The number of carbonyl (C=O) groups excluding carboxylic acids is 1. The first kappa shape index (κ1) is 23.2. The van der Waals surface area contributed by atoms with Gasteiger partial charge < -0.3 is 8.83 Å². The number of amides is 1. The van der Waals surface area contributed by atoms with Crippen molar-refractivity contribution in [1.82, 2.24) is 4.98 Å². The van der Waals surface area contributed by atoms with Gasteiger partial charge in [-0.3, -0.25) is 14.9 Å². The topological polar surface area (TPSA) is 132 Å². The molecular formula is C26H13FN4O6S. The summed E-state index contributed by atoms with van der Waals surface area (Å²) in [5, 5.41) is 18.2. The summed E-state index contributed by atoms with van der Waals surface area (Å²) in [6, 6.07) is 18.7. The molecule has 10 nitrogen and oxygen atoms in total. The lowest BCUT2D eigenvalue weighted by atomic mass is 10.0. The number of nitro groups is 1. The Labute approximate surface area is 215 Å². The van der Waals surface area contributed by atoms with Crippen LogP contribution in [0.1, 0.15) is 16.1 Å². The third kappa shape index (κ3) is 4.08. The predicted octanol–water partition coefficient (Wildman–Crippen LogP) is 5.88. The van der Waals surface area contributed by atoms with Crippen molar-refractivity contribution in [2.75, 3.05) is 5.01 Å². The van der Waals surface area contributed by atoms with Gasteiger partial charge in [0, 0.05) is 5.39 Å². The Hall–Kier alpha value is -5.23. The van der Waals surface area contributed by atoms with Crippen molar-refractivity contribution in [2.24, 2.45) is 5.10 Å². The Morgan fingerprint density at radius 3 is 2.71 bits per heavy atom. The quantitative estimate of drug-likeness (QED) is 0.0898. The minimum absolute atomic E-state index is 0.0156. The van der Waals surface area contributed by atoms with Crippen molar-refractivity contribution in [1.29, 1.82) is 0 Å². The van der Waals surface area contributed by atoms with Crippen LogP contribution in [0.15, 0.2) is 91.5 Å². The molecule has 0 fully saturated rings. The van der Waals surface area contributed by atoms with Crippen LogP contribution in [0.3, 0.4) is 0 Å². The van der Waals surface area contributed by atoms with Crippen LogP contribution in [0.5, 0.6) is 0 Å². The number of aromatic nitrogens is 1. The number of thiazole rings is 1. The SMILES string of the molecule is O=C(c1cc2c(ccc3ccccc32)oc1=O)N(/N=C/c1ccc([N+](=O)[O-])o1)c1nc2ccc(F)cc2s1. The summed E-state index contributed by atoms with van der Waals surface area (Å²) < 4.78 is 24.8. The number of halogens is 1. The molecular weight excluding hydrogens is 515 g/mol. The normalized spacial score (nSPS) is 11.6. The number of benzene rings is 3. The molecule has 3 aromatic carbocycles. The molecule has 6 aromatic rings. The van der Waals surface area contributed by atoms with E-state index in [9.17, 15) is 24.1 Å². The van der Waals surface area contributed by atoms with E-state index in [0.717, 1.165) is 39.4 Å². The third-order valence-electron chi connectivity index (χ3n) is 5.68. The number of carbonyl (C=O) groups is 1. The van der Waals surface area contributed by atoms with Crippen LogP contribution >= 0.6 is 11.3 Å². The van der Waals surface area contributed by atoms with Gasteiger partial charge in [-0.25, -0.2) is 14.2 Å². The second-order valence-corrected chi connectivity index (χ2v) is 9.06. The van der Waals surface area contributed by atoms with Crippen LogP contribution < -0.4 is 10.6 Å². The number of furan rings is 1. The molecule has 0 unspecified atom stereocenters. The molecule has 6 rings (SSSR count). The molecule has 0 saturated heterocycles. The van der Waals surface area contributed by atoms with Gasteiger partial charge >= 0.3 is 11.5 Å². The van der Waals surface area contributed by atoms with Crippen LogP contribution in [0.25, 0.3) is 32.0 Å². The molecule has 1 amide bonds. The molecule has 38 heavy (non-hydrogen) atoms. The lowest BCUT2D eigenvalue weighted by Crippen LogP contribution is -2.30. The average Bonchev–Trinajstić information content (AvgIpc) is 3.55. The van der Waals surface area contributed by atoms with Crippen molar-refractivity contribution in [2.45, 2.75) is 0 Å². The Morgan fingerprint density at radius 2 is 1.89 bits per heavy atom. The number of fused-ring (bicyclic) bond motifs is 4. The van der Waals surface area contributed by atoms with Crippen molar-refractivity contribution < 1.29 is 22.9 Å². The maximum Gasteiger partial charge on any atom is 0.433 e. The number of hydrogen-bond acceptors (Lipinski definition) is 9. The van der Waals surface area contributed by atoms with Gasteiger partial charge in [-0.1, -0.05) is 41.7 Å². The van der Waals surface area contributed by atoms with Gasteiger partial charge in [0.1, 0.15) is 21.9 Å². The molecule has 12 heteroatoms. The lowest BCUT2D eigenvalue weighted by Gasteiger charge is -2.13. The molecule has 0 aliphatic carbocycles. The lowest BCUT2D eigenvalue weighted by molar-refractivity contribution is -0.402. The molecule has 3 aromatic heterocycles. The van der Waals surface area contributed by atoms with Gasteiger partial charge in [-0.05, 0) is 47.2 Å². The number of hydrogen-bond donors (Lipinski definition) is 0. The van der Waals surface area contributed by atoms with Crippen molar-refractivity contribution in [3.8, 4) is 0 Å². The molecule has 0 bridgehead atoms. The van der Waals surface area contributed by atoms with Crippen LogP contribution in [0.4, 0.5) is 15.4 Å². The van der Waals surface area contributed by atoms with E-state index in [2.05, 4.69) is 10.1 Å². The van der Waals surface area contributed by atoms with Crippen LogP contribution in [0.2, 0.25) is 0 Å². The summed E-state index contributed by atoms with van der Waals surface area (Å²) in [7, 11) is 0. The van der Waals surface area contributed by atoms with E-state index in [-0.39, 0.29) is 16.5 Å². The van der Waals surface area contributed by atoms with Gasteiger partial charge in [-0.2, -0.15) is 10.1 Å². The van der Waals surface area contributed by atoms with Crippen LogP contribution in [0, 0.1) is 15.9 Å². The molecule has 0 N–H and O–H groups in total. The first-order valence-electron chi connectivity index (χ1n) is 11.0. The van der Waals surface area contributed by atoms with E-state index >= 15 is 0 Å². The molecule has 0 radical (unpaired) electrons. The summed E-state index contributed by atoms with van der Waals surface area (Å²) in [6.07, 6.45) is 1.08. The second-order valence-electron chi connectivity index (χ2n) is 8.05. The third-order valence-corrected chi connectivity index (χ3v) is 6.67. The fourth-order valence-electron chi connectivity index (χ4n) is 3.92. The summed E-state index contributed by atoms with van der Waals surface area (Å²) in [5.74, 6) is -1.88. The van der Waals surface area contributed by atoms with Gasteiger partial charge in [-0.15, -0.1) is 0 Å². The second kappa shape index (κ2) is 9.01. The maximum absolute atomic E-state index is 13.8. The van der Waals surface area contributed by atoms with Crippen molar-refractivity contribution >= 4 is 66.4 Å². The van der Waals surface area contributed by atoms with Crippen LogP contribution in [-0.4, -0.2) is 22.0 Å². The van der Waals surface area contributed by atoms with Gasteiger partial charge in [0.2, 0.25) is 5.13 Å². The standard InChI is InChI=1S/C26H13FN4O6S/c27-15-6-8-20-22(11-15)38-26(29-20)30(28-13-16-7-10-23(36-16)31(34)35)24(32)19-12-18-17-4-2-1-3-14(17)5-9-21(18)37-25(19)33/h1-13H/b28-13+. The Morgan fingerprint density at radius 1 is 1.05 bits per heavy atom. The minimum Gasteiger partial charge on any atom is -0.422 e. The summed E-state index contributed by atoms with van der Waals surface area (Å²) >= 11 is 0.969. The van der Waals surface area contributed by atoms with Gasteiger partial charge in [0.25, 0.3) is 5.91 Å². The molecule has 0 atom stereocenters. The summed E-state index contributed by atoms with van der Waals surface area (Å²) in [4.78, 5) is 41.2. The number of anilines is 1. The smallest absolute Gasteiger partial charge is 0.422 e. The van der Waals surface area contributed by atoms with E-state index in [1.54, 1.807) is 6.07 Å². The maximum atomic E-state index is 13.8. The molecule has 3 heterocycles. The minimum atomic E-state index is -0.890. The highest BCUT2D eigenvalue weighted by molar-refractivity contribution is 7.22. The fraction of sp³-hybridized carbons (Fsp3) is 0. The Bertz CT molecular complexity index is 1990. The first-order chi connectivity index (χ1) is 18.4.